The maximum Gasteiger partial charge on any atom is 0.189 e. The standard InChI is InChI=1S/C9H11O2/c1-2-10-8-11-9-6-4-3-5-7-9/h3-6H,2,8H2,1H3. The largest absolute Gasteiger partial charge is 0.467 e. The van der Waals surface area contributed by atoms with Gasteiger partial charge in [-0.1, -0.05) is 18.2 Å². The quantitative estimate of drug-likeness (QED) is 0.483. The molecule has 0 fully saturated rings. The summed E-state index contributed by atoms with van der Waals surface area (Å²) in [5.74, 6) is 0.723. The summed E-state index contributed by atoms with van der Waals surface area (Å²) in [6.07, 6.45) is 0. The second-order valence-electron chi connectivity index (χ2n) is 1.98. The van der Waals surface area contributed by atoms with Gasteiger partial charge in [-0.2, -0.15) is 0 Å². The summed E-state index contributed by atoms with van der Waals surface area (Å²) < 4.78 is 10.2. The summed E-state index contributed by atoms with van der Waals surface area (Å²) in [6, 6.07) is 10.4. The molecule has 0 N–H and O–H groups in total. The van der Waals surface area contributed by atoms with Crippen LogP contribution in [0.3, 0.4) is 0 Å². The highest BCUT2D eigenvalue weighted by molar-refractivity contribution is 5.18. The highest BCUT2D eigenvalue weighted by Gasteiger charge is 1.88. The SMILES string of the molecule is CCOCOc1[c]cccc1. The van der Waals surface area contributed by atoms with Crippen LogP contribution in [0.15, 0.2) is 24.3 Å². The third kappa shape index (κ3) is 3.05. The molecule has 0 aliphatic rings. The molecule has 0 aliphatic heterocycles. The molecule has 0 amide bonds. The summed E-state index contributed by atoms with van der Waals surface area (Å²) in [5.41, 5.74) is 0. The minimum Gasteiger partial charge on any atom is -0.467 e. The molecule has 1 aromatic rings. The lowest BCUT2D eigenvalue weighted by Gasteiger charge is -2.03. The van der Waals surface area contributed by atoms with Crippen LogP contribution in [0, 0.1) is 6.07 Å². The predicted octanol–water partition coefficient (Wildman–Crippen LogP) is 1.86. The van der Waals surface area contributed by atoms with Crippen molar-refractivity contribution in [1.29, 1.82) is 0 Å². The van der Waals surface area contributed by atoms with Crippen molar-refractivity contribution in [2.24, 2.45) is 0 Å². The van der Waals surface area contributed by atoms with Crippen molar-refractivity contribution in [1.82, 2.24) is 0 Å². The van der Waals surface area contributed by atoms with Crippen LogP contribution in [-0.2, 0) is 4.74 Å². The van der Waals surface area contributed by atoms with Crippen molar-refractivity contribution in [3.05, 3.63) is 30.3 Å². The Balaban J connectivity index is 2.28. The molecule has 0 saturated carbocycles. The van der Waals surface area contributed by atoms with Crippen LogP contribution in [0.25, 0.3) is 0 Å². The Morgan fingerprint density at radius 3 is 3.00 bits per heavy atom. The van der Waals surface area contributed by atoms with Crippen molar-refractivity contribution >= 4 is 0 Å². The van der Waals surface area contributed by atoms with E-state index in [1.54, 1.807) is 6.07 Å². The van der Waals surface area contributed by atoms with Gasteiger partial charge in [-0.25, -0.2) is 0 Å². The predicted molar refractivity (Wildman–Crippen MR) is 42.4 cm³/mol. The van der Waals surface area contributed by atoms with Gasteiger partial charge in [-0.15, -0.1) is 0 Å². The fraction of sp³-hybridized carbons (Fsp3) is 0.333. The first-order chi connectivity index (χ1) is 5.43. The van der Waals surface area contributed by atoms with Crippen LogP contribution in [-0.4, -0.2) is 13.4 Å². The van der Waals surface area contributed by atoms with Crippen LogP contribution < -0.4 is 4.74 Å². The molecular formula is C9H11O2. The normalized spacial score (nSPS) is 9.55. The number of hydrogen-bond acceptors (Lipinski definition) is 2. The minimum absolute atomic E-state index is 0.303. The maximum absolute atomic E-state index is 5.17. The minimum atomic E-state index is 0.303. The Morgan fingerprint density at radius 1 is 1.45 bits per heavy atom. The molecule has 0 unspecified atom stereocenters. The summed E-state index contributed by atoms with van der Waals surface area (Å²) >= 11 is 0. The van der Waals surface area contributed by atoms with Crippen molar-refractivity contribution in [2.45, 2.75) is 6.92 Å². The van der Waals surface area contributed by atoms with Gasteiger partial charge in [0.15, 0.2) is 6.79 Å². The van der Waals surface area contributed by atoms with E-state index in [1.165, 1.54) is 0 Å². The fourth-order valence-corrected chi connectivity index (χ4v) is 0.655. The topological polar surface area (TPSA) is 18.5 Å². The number of benzene rings is 1. The Bertz CT molecular complexity index is 184. The van der Waals surface area contributed by atoms with E-state index in [9.17, 15) is 0 Å². The molecule has 0 bridgehead atoms. The summed E-state index contributed by atoms with van der Waals surface area (Å²) in [5, 5.41) is 0. The molecule has 0 atom stereocenters. The van der Waals surface area contributed by atoms with Gasteiger partial charge < -0.3 is 9.47 Å². The van der Waals surface area contributed by atoms with E-state index in [1.807, 2.05) is 25.1 Å². The van der Waals surface area contributed by atoms with E-state index < -0.39 is 0 Å². The molecule has 0 spiro atoms. The zero-order valence-electron chi connectivity index (χ0n) is 6.54. The molecule has 1 rings (SSSR count). The zero-order valence-corrected chi connectivity index (χ0v) is 6.54. The molecule has 59 valence electrons. The van der Waals surface area contributed by atoms with Gasteiger partial charge in [0.25, 0.3) is 0 Å². The van der Waals surface area contributed by atoms with Gasteiger partial charge in [0.05, 0.1) is 0 Å². The Labute approximate surface area is 66.8 Å². The molecule has 2 nitrogen and oxygen atoms in total. The summed E-state index contributed by atoms with van der Waals surface area (Å²) in [4.78, 5) is 0. The van der Waals surface area contributed by atoms with Crippen LogP contribution in [0.4, 0.5) is 0 Å². The molecule has 0 aromatic heterocycles. The lowest BCUT2D eigenvalue weighted by molar-refractivity contribution is 0.0222. The lowest BCUT2D eigenvalue weighted by Crippen LogP contribution is -2.01. The van der Waals surface area contributed by atoms with E-state index in [-0.39, 0.29) is 0 Å². The van der Waals surface area contributed by atoms with Gasteiger partial charge in [-0.05, 0) is 13.0 Å². The maximum atomic E-state index is 5.17. The number of rotatable bonds is 4. The number of para-hydroxylation sites is 1. The number of hydrogen-bond donors (Lipinski definition) is 0. The van der Waals surface area contributed by atoms with Crippen molar-refractivity contribution in [3.63, 3.8) is 0 Å². The summed E-state index contributed by atoms with van der Waals surface area (Å²) in [6.45, 7) is 2.90. The van der Waals surface area contributed by atoms with Gasteiger partial charge in [0, 0.05) is 12.7 Å². The van der Waals surface area contributed by atoms with Gasteiger partial charge in [0.1, 0.15) is 5.75 Å². The highest BCUT2D eigenvalue weighted by atomic mass is 16.7. The molecular weight excluding hydrogens is 140 g/mol. The first-order valence-corrected chi connectivity index (χ1v) is 3.60. The van der Waals surface area contributed by atoms with Crippen LogP contribution in [0.1, 0.15) is 6.92 Å². The second kappa shape index (κ2) is 4.74. The third-order valence-electron chi connectivity index (χ3n) is 1.18. The van der Waals surface area contributed by atoms with E-state index >= 15 is 0 Å². The van der Waals surface area contributed by atoms with Crippen LogP contribution in [0.2, 0.25) is 0 Å². The molecule has 1 aromatic carbocycles. The van der Waals surface area contributed by atoms with E-state index in [0.717, 1.165) is 5.75 Å². The monoisotopic (exact) mass is 151 g/mol. The van der Waals surface area contributed by atoms with Crippen molar-refractivity contribution < 1.29 is 9.47 Å². The van der Waals surface area contributed by atoms with Gasteiger partial charge in [-0.3, -0.25) is 0 Å². The molecule has 11 heavy (non-hydrogen) atoms. The zero-order chi connectivity index (χ0) is 7.94. The fourth-order valence-electron chi connectivity index (χ4n) is 0.655. The molecule has 2 heteroatoms. The van der Waals surface area contributed by atoms with E-state index in [4.69, 9.17) is 9.47 Å². The summed E-state index contributed by atoms with van der Waals surface area (Å²) in [7, 11) is 0. The molecule has 0 saturated heterocycles. The Hall–Kier alpha value is -1.02. The van der Waals surface area contributed by atoms with E-state index in [2.05, 4.69) is 6.07 Å². The molecule has 1 radical (unpaired) electrons. The second-order valence-corrected chi connectivity index (χ2v) is 1.98. The molecule has 0 heterocycles. The Kier molecular flexibility index (Phi) is 3.48. The smallest absolute Gasteiger partial charge is 0.189 e. The third-order valence-corrected chi connectivity index (χ3v) is 1.18. The average molecular weight is 151 g/mol. The molecule has 0 aliphatic carbocycles. The Morgan fingerprint density at radius 2 is 2.36 bits per heavy atom. The first kappa shape index (κ1) is 8.08. The first-order valence-electron chi connectivity index (χ1n) is 3.60. The number of ether oxygens (including phenoxy) is 2. The van der Waals surface area contributed by atoms with Gasteiger partial charge in [0.2, 0.25) is 0 Å². The van der Waals surface area contributed by atoms with Gasteiger partial charge >= 0.3 is 0 Å². The van der Waals surface area contributed by atoms with Crippen molar-refractivity contribution in [2.75, 3.05) is 13.4 Å². The van der Waals surface area contributed by atoms with Crippen LogP contribution in [0.5, 0.6) is 5.75 Å². The lowest BCUT2D eigenvalue weighted by atomic mass is 10.3. The van der Waals surface area contributed by atoms with Crippen LogP contribution >= 0.6 is 0 Å². The van der Waals surface area contributed by atoms with Crippen molar-refractivity contribution in [3.8, 4) is 5.75 Å². The van der Waals surface area contributed by atoms with E-state index in [0.29, 0.717) is 13.4 Å². The highest BCUT2D eigenvalue weighted by Crippen LogP contribution is 2.06. The average Bonchev–Trinajstić information content (AvgIpc) is 2.07.